The Morgan fingerprint density at radius 1 is 1.18 bits per heavy atom. The van der Waals surface area contributed by atoms with Gasteiger partial charge in [0.25, 0.3) is 0 Å². The van der Waals surface area contributed by atoms with Crippen molar-refractivity contribution in [3.8, 4) is 0 Å². The van der Waals surface area contributed by atoms with E-state index in [9.17, 15) is 26.4 Å². The first-order valence-corrected chi connectivity index (χ1v) is 12.6. The second-order valence-electron chi connectivity index (χ2n) is 9.57. The molecule has 0 bridgehead atoms. The number of benzene rings is 1. The van der Waals surface area contributed by atoms with E-state index in [0.29, 0.717) is 44.6 Å². The molecule has 1 aliphatic carbocycles. The van der Waals surface area contributed by atoms with E-state index in [1.54, 1.807) is 4.90 Å². The van der Waals surface area contributed by atoms with Crippen molar-refractivity contribution in [3.05, 3.63) is 41.5 Å². The first-order valence-electron chi connectivity index (χ1n) is 10.8. The third-order valence-corrected chi connectivity index (χ3v) is 8.29. The standard InChI is InChI=1S/C21H24F3N5O3S/c1-33(31,32)17-6-15(21(22,23)24)2-3-16(17)14-7-20(8-14)10-29(11-20)19(30)28-5-4-13(9-28)18-25-12-26-27-18/h2-3,6,12-14H,4-5,7-11H2,1H3,(H,25,26,27)/t13-/m0/s1. The van der Waals surface area contributed by atoms with Crippen molar-refractivity contribution in [1.82, 2.24) is 25.0 Å². The molecule has 2 saturated heterocycles. The van der Waals surface area contributed by atoms with Gasteiger partial charge in [-0.15, -0.1) is 0 Å². The number of hydrogen-bond acceptors (Lipinski definition) is 5. The van der Waals surface area contributed by atoms with Gasteiger partial charge in [-0.05, 0) is 42.9 Å². The maximum Gasteiger partial charge on any atom is 0.416 e. The van der Waals surface area contributed by atoms with Gasteiger partial charge in [0.1, 0.15) is 12.2 Å². The number of carbonyl (C=O) groups excluding carboxylic acids is 1. The molecule has 12 heteroatoms. The summed E-state index contributed by atoms with van der Waals surface area (Å²) in [5.74, 6) is 0.802. The molecule has 178 valence electrons. The molecule has 1 aromatic heterocycles. The van der Waals surface area contributed by atoms with Gasteiger partial charge in [0.2, 0.25) is 0 Å². The van der Waals surface area contributed by atoms with Crippen LogP contribution in [0.3, 0.4) is 0 Å². The van der Waals surface area contributed by atoms with Crippen LogP contribution in [0.5, 0.6) is 0 Å². The van der Waals surface area contributed by atoms with E-state index < -0.39 is 21.6 Å². The number of aromatic amines is 1. The quantitative estimate of drug-likeness (QED) is 0.724. The molecule has 3 aliphatic rings. The summed E-state index contributed by atoms with van der Waals surface area (Å²) in [5, 5.41) is 6.72. The number of nitrogens with zero attached hydrogens (tertiary/aromatic N) is 4. The summed E-state index contributed by atoms with van der Waals surface area (Å²) in [6, 6.07) is 2.97. The van der Waals surface area contributed by atoms with Gasteiger partial charge in [-0.25, -0.2) is 18.2 Å². The number of nitrogens with one attached hydrogen (secondary N) is 1. The molecule has 1 atom stereocenters. The van der Waals surface area contributed by atoms with Crippen LogP contribution in [0.25, 0.3) is 0 Å². The molecule has 3 fully saturated rings. The Labute approximate surface area is 189 Å². The summed E-state index contributed by atoms with van der Waals surface area (Å²) in [6.07, 6.45) is -0.0687. The van der Waals surface area contributed by atoms with Crippen LogP contribution in [0.1, 0.15) is 48.0 Å². The van der Waals surface area contributed by atoms with E-state index in [4.69, 9.17) is 0 Å². The average molecular weight is 484 g/mol. The normalized spacial score (nSPS) is 23.0. The second kappa shape index (κ2) is 7.44. The summed E-state index contributed by atoms with van der Waals surface area (Å²) < 4.78 is 63.6. The monoisotopic (exact) mass is 483 g/mol. The molecule has 33 heavy (non-hydrogen) atoms. The molecule has 8 nitrogen and oxygen atoms in total. The van der Waals surface area contributed by atoms with Gasteiger partial charge in [0.15, 0.2) is 9.84 Å². The predicted octanol–water partition coefficient (Wildman–Crippen LogP) is 3.02. The van der Waals surface area contributed by atoms with Crippen molar-refractivity contribution in [2.45, 2.75) is 42.2 Å². The van der Waals surface area contributed by atoms with Gasteiger partial charge in [-0.1, -0.05) is 6.07 Å². The Morgan fingerprint density at radius 2 is 1.91 bits per heavy atom. The van der Waals surface area contributed by atoms with E-state index in [-0.39, 0.29) is 28.2 Å². The number of carbonyl (C=O) groups is 1. The molecule has 1 spiro atoms. The number of halogens is 3. The Morgan fingerprint density at radius 3 is 2.52 bits per heavy atom. The molecule has 1 N–H and O–H groups in total. The van der Waals surface area contributed by atoms with E-state index in [0.717, 1.165) is 30.6 Å². The van der Waals surface area contributed by atoms with Crippen LogP contribution in [-0.4, -0.2) is 71.9 Å². The van der Waals surface area contributed by atoms with E-state index in [1.165, 1.54) is 12.4 Å². The first-order chi connectivity index (χ1) is 15.5. The van der Waals surface area contributed by atoms with Crippen molar-refractivity contribution >= 4 is 15.9 Å². The average Bonchev–Trinajstić information content (AvgIpc) is 3.35. The second-order valence-corrected chi connectivity index (χ2v) is 11.6. The fraction of sp³-hybridized carbons (Fsp3) is 0.571. The smallest absolute Gasteiger partial charge is 0.324 e. The topological polar surface area (TPSA) is 99.3 Å². The van der Waals surface area contributed by atoms with Gasteiger partial charge in [-0.2, -0.15) is 18.3 Å². The molecule has 0 unspecified atom stereocenters. The van der Waals surface area contributed by atoms with E-state index in [2.05, 4.69) is 15.2 Å². The van der Waals surface area contributed by atoms with Crippen molar-refractivity contribution in [1.29, 1.82) is 0 Å². The highest BCUT2D eigenvalue weighted by Crippen LogP contribution is 2.57. The number of sulfone groups is 1. The molecule has 3 heterocycles. The highest BCUT2D eigenvalue weighted by atomic mass is 32.2. The van der Waals surface area contributed by atoms with Crippen LogP contribution < -0.4 is 0 Å². The molecule has 2 aliphatic heterocycles. The lowest BCUT2D eigenvalue weighted by atomic mass is 9.56. The minimum Gasteiger partial charge on any atom is -0.324 e. The molecule has 1 saturated carbocycles. The minimum absolute atomic E-state index is 0.0163. The summed E-state index contributed by atoms with van der Waals surface area (Å²) in [4.78, 5) is 20.4. The number of alkyl halides is 3. The third-order valence-electron chi connectivity index (χ3n) is 7.14. The Balaban J connectivity index is 1.21. The molecule has 2 amide bonds. The zero-order valence-electron chi connectivity index (χ0n) is 18.0. The van der Waals surface area contributed by atoms with E-state index in [1.807, 2.05) is 4.90 Å². The molecular formula is C21H24F3N5O3S. The molecule has 0 radical (unpaired) electrons. The number of urea groups is 1. The largest absolute Gasteiger partial charge is 0.416 e. The third kappa shape index (κ3) is 3.98. The SMILES string of the molecule is CS(=O)(=O)c1cc(C(F)(F)F)ccc1C1CC2(C1)CN(C(=O)N1CC[C@H](c3ncn[nH]3)C1)C2. The van der Waals surface area contributed by atoms with Crippen molar-refractivity contribution in [3.63, 3.8) is 0 Å². The maximum absolute atomic E-state index is 13.1. The van der Waals surface area contributed by atoms with Crippen molar-refractivity contribution in [2.75, 3.05) is 32.4 Å². The number of hydrogen-bond donors (Lipinski definition) is 1. The van der Waals surface area contributed by atoms with Gasteiger partial charge >= 0.3 is 12.2 Å². The first kappa shape index (κ1) is 22.2. The number of aromatic nitrogens is 3. The summed E-state index contributed by atoms with van der Waals surface area (Å²) in [6.45, 7) is 2.41. The summed E-state index contributed by atoms with van der Waals surface area (Å²) >= 11 is 0. The number of amides is 2. The summed E-state index contributed by atoms with van der Waals surface area (Å²) in [7, 11) is -3.81. The Bertz CT molecular complexity index is 1170. The predicted molar refractivity (Wildman–Crippen MR) is 111 cm³/mol. The lowest BCUT2D eigenvalue weighted by Crippen LogP contribution is -2.65. The van der Waals surface area contributed by atoms with Crippen LogP contribution >= 0.6 is 0 Å². The van der Waals surface area contributed by atoms with Crippen molar-refractivity contribution in [2.24, 2.45) is 5.41 Å². The molecule has 5 rings (SSSR count). The van der Waals surface area contributed by atoms with Crippen LogP contribution in [0.2, 0.25) is 0 Å². The lowest BCUT2D eigenvalue weighted by Gasteiger charge is -2.59. The number of likely N-dealkylation sites (tertiary alicyclic amines) is 2. The van der Waals surface area contributed by atoms with Crippen molar-refractivity contribution < 1.29 is 26.4 Å². The Kier molecular flexibility index (Phi) is 5.00. The molecule has 2 aromatic rings. The zero-order chi connectivity index (χ0) is 23.6. The number of H-pyrrole nitrogens is 1. The highest BCUT2D eigenvalue weighted by molar-refractivity contribution is 7.90. The van der Waals surface area contributed by atoms with Crippen LogP contribution in [0.15, 0.2) is 29.4 Å². The van der Waals surface area contributed by atoms with E-state index >= 15 is 0 Å². The van der Waals surface area contributed by atoms with Gasteiger partial charge in [0, 0.05) is 43.8 Å². The minimum atomic E-state index is -4.60. The van der Waals surface area contributed by atoms with Gasteiger partial charge < -0.3 is 9.80 Å². The van der Waals surface area contributed by atoms with Crippen LogP contribution in [-0.2, 0) is 16.0 Å². The molecule has 1 aromatic carbocycles. The van der Waals surface area contributed by atoms with Gasteiger partial charge in [-0.3, -0.25) is 5.10 Å². The van der Waals surface area contributed by atoms with Crippen LogP contribution in [0.4, 0.5) is 18.0 Å². The zero-order valence-corrected chi connectivity index (χ0v) is 18.8. The van der Waals surface area contributed by atoms with Gasteiger partial charge in [0.05, 0.1) is 10.5 Å². The van der Waals surface area contributed by atoms with Crippen LogP contribution in [0, 0.1) is 5.41 Å². The fourth-order valence-electron chi connectivity index (χ4n) is 5.50. The molecular weight excluding hydrogens is 459 g/mol. The maximum atomic E-state index is 13.1. The summed E-state index contributed by atoms with van der Waals surface area (Å²) in [5.41, 5.74) is -0.604. The Hall–Kier alpha value is -2.63. The lowest BCUT2D eigenvalue weighted by molar-refractivity contribution is -0.137. The fourth-order valence-corrected chi connectivity index (χ4v) is 6.50. The number of rotatable bonds is 3. The highest BCUT2D eigenvalue weighted by Gasteiger charge is 2.55.